The summed E-state index contributed by atoms with van der Waals surface area (Å²) in [6.07, 6.45) is 0. The summed E-state index contributed by atoms with van der Waals surface area (Å²) in [5.74, 6) is 1.51. The summed E-state index contributed by atoms with van der Waals surface area (Å²) in [6, 6.07) is 7.16. The maximum Gasteiger partial charge on any atom is 0.241 e. The number of nitrogen functional groups attached to an aromatic ring is 1. The molecule has 0 saturated heterocycles. The standard InChI is InChI=1S/C15H18N4O2/c1-9(2)19-15(14(17)10(3)18-19)21-13-6-11(8-16)5-12(7-13)20-4/h5-7,9H,17H2,1-4H3. The highest BCUT2D eigenvalue weighted by Gasteiger charge is 2.17. The Labute approximate surface area is 123 Å². The van der Waals surface area contributed by atoms with E-state index >= 15 is 0 Å². The van der Waals surface area contributed by atoms with Crippen LogP contribution in [0.15, 0.2) is 18.2 Å². The van der Waals surface area contributed by atoms with Crippen molar-refractivity contribution < 1.29 is 9.47 Å². The van der Waals surface area contributed by atoms with Crippen LogP contribution in [0.3, 0.4) is 0 Å². The summed E-state index contributed by atoms with van der Waals surface area (Å²) in [4.78, 5) is 0. The number of aryl methyl sites for hydroxylation is 1. The van der Waals surface area contributed by atoms with Crippen molar-refractivity contribution in [1.29, 1.82) is 5.26 Å². The van der Waals surface area contributed by atoms with Gasteiger partial charge in [0.05, 0.1) is 30.5 Å². The van der Waals surface area contributed by atoms with Gasteiger partial charge < -0.3 is 15.2 Å². The topological polar surface area (TPSA) is 86.1 Å². The molecule has 1 aromatic carbocycles. The van der Waals surface area contributed by atoms with Gasteiger partial charge in [0.25, 0.3) is 0 Å². The molecule has 0 bridgehead atoms. The van der Waals surface area contributed by atoms with Crippen LogP contribution in [0.2, 0.25) is 0 Å². The number of nitriles is 1. The molecule has 2 N–H and O–H groups in total. The van der Waals surface area contributed by atoms with Gasteiger partial charge in [-0.05, 0) is 32.9 Å². The van der Waals surface area contributed by atoms with Crippen LogP contribution < -0.4 is 15.2 Å². The summed E-state index contributed by atoms with van der Waals surface area (Å²) < 4.78 is 12.7. The average Bonchev–Trinajstić information content (AvgIpc) is 2.75. The van der Waals surface area contributed by atoms with E-state index in [0.29, 0.717) is 34.3 Å². The Morgan fingerprint density at radius 3 is 2.52 bits per heavy atom. The minimum atomic E-state index is 0.108. The molecule has 0 aliphatic rings. The van der Waals surface area contributed by atoms with Gasteiger partial charge in [0.1, 0.15) is 17.2 Å². The summed E-state index contributed by atoms with van der Waals surface area (Å²) >= 11 is 0. The summed E-state index contributed by atoms with van der Waals surface area (Å²) in [6.45, 7) is 5.81. The van der Waals surface area contributed by atoms with Gasteiger partial charge in [0.15, 0.2) is 0 Å². The average molecular weight is 286 g/mol. The van der Waals surface area contributed by atoms with E-state index in [1.165, 1.54) is 7.11 Å². The third-order valence-corrected chi connectivity index (χ3v) is 3.03. The van der Waals surface area contributed by atoms with Gasteiger partial charge in [-0.1, -0.05) is 0 Å². The van der Waals surface area contributed by atoms with Crippen molar-refractivity contribution in [2.75, 3.05) is 12.8 Å². The summed E-state index contributed by atoms with van der Waals surface area (Å²) in [7, 11) is 1.54. The van der Waals surface area contributed by atoms with Crippen LogP contribution in [0.5, 0.6) is 17.4 Å². The Bertz CT molecular complexity index is 698. The third-order valence-electron chi connectivity index (χ3n) is 3.03. The van der Waals surface area contributed by atoms with Gasteiger partial charge in [-0.2, -0.15) is 10.4 Å². The van der Waals surface area contributed by atoms with Crippen molar-refractivity contribution in [2.45, 2.75) is 26.8 Å². The maximum atomic E-state index is 9.05. The van der Waals surface area contributed by atoms with E-state index < -0.39 is 0 Å². The Morgan fingerprint density at radius 2 is 1.95 bits per heavy atom. The van der Waals surface area contributed by atoms with Gasteiger partial charge in [-0.15, -0.1) is 0 Å². The van der Waals surface area contributed by atoms with Crippen molar-refractivity contribution in [3.63, 3.8) is 0 Å². The Kier molecular flexibility index (Phi) is 4.03. The molecule has 1 aromatic heterocycles. The molecule has 0 fully saturated rings. The van der Waals surface area contributed by atoms with Gasteiger partial charge in [0, 0.05) is 6.07 Å². The first-order valence-electron chi connectivity index (χ1n) is 6.58. The molecule has 110 valence electrons. The first-order valence-corrected chi connectivity index (χ1v) is 6.58. The lowest BCUT2D eigenvalue weighted by Crippen LogP contribution is -2.05. The second-order valence-corrected chi connectivity index (χ2v) is 4.95. The minimum Gasteiger partial charge on any atom is -0.497 e. The molecule has 2 rings (SSSR count). The molecular formula is C15H18N4O2. The van der Waals surface area contributed by atoms with Crippen LogP contribution in [0.25, 0.3) is 0 Å². The lowest BCUT2D eigenvalue weighted by atomic mass is 10.2. The van der Waals surface area contributed by atoms with Crippen molar-refractivity contribution >= 4 is 5.69 Å². The highest BCUT2D eigenvalue weighted by molar-refractivity contribution is 5.55. The number of rotatable bonds is 4. The van der Waals surface area contributed by atoms with E-state index in [9.17, 15) is 0 Å². The lowest BCUT2D eigenvalue weighted by molar-refractivity contribution is 0.382. The largest absolute Gasteiger partial charge is 0.497 e. The van der Waals surface area contributed by atoms with Crippen LogP contribution in [-0.2, 0) is 0 Å². The second kappa shape index (κ2) is 5.75. The number of nitrogens with two attached hydrogens (primary N) is 1. The SMILES string of the molecule is COc1cc(C#N)cc(Oc2c(N)c(C)nn2C(C)C)c1. The Hall–Kier alpha value is -2.68. The Morgan fingerprint density at radius 1 is 1.29 bits per heavy atom. The number of hydrogen-bond acceptors (Lipinski definition) is 5. The molecule has 2 aromatic rings. The van der Waals surface area contributed by atoms with Crippen LogP contribution in [0.4, 0.5) is 5.69 Å². The first-order chi connectivity index (χ1) is 9.96. The third kappa shape index (κ3) is 2.92. The number of aromatic nitrogens is 2. The number of nitrogens with zero attached hydrogens (tertiary/aromatic N) is 3. The number of methoxy groups -OCH3 is 1. The normalized spacial score (nSPS) is 10.5. The Balaban J connectivity index is 2.45. The molecule has 1 heterocycles. The zero-order valence-electron chi connectivity index (χ0n) is 12.5. The van der Waals surface area contributed by atoms with E-state index in [0.717, 1.165) is 0 Å². The minimum absolute atomic E-state index is 0.108. The smallest absolute Gasteiger partial charge is 0.241 e. The van der Waals surface area contributed by atoms with E-state index in [1.807, 2.05) is 20.8 Å². The fraction of sp³-hybridized carbons (Fsp3) is 0.333. The predicted octanol–water partition coefficient (Wildman–Crippen LogP) is 3.03. The molecule has 6 nitrogen and oxygen atoms in total. The quantitative estimate of drug-likeness (QED) is 0.933. The van der Waals surface area contributed by atoms with Gasteiger partial charge in [0.2, 0.25) is 5.88 Å². The molecule has 0 aliphatic heterocycles. The molecule has 0 saturated carbocycles. The van der Waals surface area contributed by atoms with Crippen LogP contribution >= 0.6 is 0 Å². The molecule has 0 atom stereocenters. The molecule has 0 radical (unpaired) electrons. The van der Waals surface area contributed by atoms with Gasteiger partial charge in [-0.3, -0.25) is 0 Å². The second-order valence-electron chi connectivity index (χ2n) is 4.95. The van der Waals surface area contributed by atoms with Crippen molar-refractivity contribution in [3.05, 3.63) is 29.5 Å². The number of ether oxygens (including phenoxy) is 2. The van der Waals surface area contributed by atoms with Crippen LogP contribution in [-0.4, -0.2) is 16.9 Å². The molecule has 6 heteroatoms. The van der Waals surface area contributed by atoms with Gasteiger partial charge >= 0.3 is 0 Å². The molecule has 0 unspecified atom stereocenters. The molecule has 0 spiro atoms. The maximum absolute atomic E-state index is 9.05. The number of hydrogen-bond donors (Lipinski definition) is 1. The zero-order chi connectivity index (χ0) is 15.6. The number of benzene rings is 1. The van der Waals surface area contributed by atoms with Crippen LogP contribution in [0.1, 0.15) is 31.1 Å². The summed E-state index contributed by atoms with van der Waals surface area (Å²) in [5.41, 5.74) is 7.68. The predicted molar refractivity (Wildman–Crippen MR) is 79.5 cm³/mol. The summed E-state index contributed by atoms with van der Waals surface area (Å²) in [5, 5.41) is 13.4. The fourth-order valence-electron chi connectivity index (χ4n) is 1.92. The molecule has 0 aliphatic carbocycles. The highest BCUT2D eigenvalue weighted by Crippen LogP contribution is 2.34. The van der Waals surface area contributed by atoms with Gasteiger partial charge in [-0.25, -0.2) is 4.68 Å². The van der Waals surface area contributed by atoms with Crippen molar-refractivity contribution in [3.8, 4) is 23.4 Å². The monoisotopic (exact) mass is 286 g/mol. The fourth-order valence-corrected chi connectivity index (χ4v) is 1.92. The van der Waals surface area contributed by atoms with Crippen molar-refractivity contribution in [2.24, 2.45) is 0 Å². The first kappa shape index (κ1) is 14.7. The molecule has 21 heavy (non-hydrogen) atoms. The number of anilines is 1. The van der Waals surface area contributed by atoms with Crippen LogP contribution in [0, 0.1) is 18.3 Å². The zero-order valence-corrected chi connectivity index (χ0v) is 12.5. The molecule has 0 amide bonds. The van der Waals surface area contributed by atoms with E-state index in [-0.39, 0.29) is 6.04 Å². The van der Waals surface area contributed by atoms with Crippen molar-refractivity contribution in [1.82, 2.24) is 9.78 Å². The lowest BCUT2D eigenvalue weighted by Gasteiger charge is -2.13. The van der Waals surface area contributed by atoms with E-state index in [2.05, 4.69) is 11.2 Å². The highest BCUT2D eigenvalue weighted by atomic mass is 16.5. The molecular weight excluding hydrogens is 268 g/mol. The van der Waals surface area contributed by atoms with E-state index in [4.69, 9.17) is 20.5 Å². The van der Waals surface area contributed by atoms with E-state index in [1.54, 1.807) is 22.9 Å².